The molecule has 2 aromatic heterocycles. The van der Waals surface area contributed by atoms with Crippen molar-refractivity contribution in [3.8, 4) is 17.0 Å². The van der Waals surface area contributed by atoms with Gasteiger partial charge in [-0.1, -0.05) is 0 Å². The molecule has 0 N–H and O–H groups in total. The van der Waals surface area contributed by atoms with E-state index in [-0.39, 0.29) is 5.91 Å². The number of benzene rings is 1. The third kappa shape index (κ3) is 3.96. The lowest BCUT2D eigenvalue weighted by molar-refractivity contribution is 0.0718. The predicted octanol–water partition coefficient (Wildman–Crippen LogP) is 4.02. The van der Waals surface area contributed by atoms with Crippen LogP contribution in [0.5, 0.6) is 5.75 Å². The van der Waals surface area contributed by atoms with Crippen LogP contribution in [0.15, 0.2) is 36.4 Å². The Bertz CT molecular complexity index is 1060. The van der Waals surface area contributed by atoms with Crippen LogP contribution in [-0.2, 0) is 0 Å². The summed E-state index contributed by atoms with van der Waals surface area (Å²) < 4.78 is 7.15. The van der Waals surface area contributed by atoms with E-state index in [2.05, 4.69) is 11.0 Å². The Labute approximate surface area is 182 Å². The maximum absolute atomic E-state index is 13.1. The summed E-state index contributed by atoms with van der Waals surface area (Å²) >= 11 is 0. The topological polar surface area (TPSA) is 63.0 Å². The van der Waals surface area contributed by atoms with Crippen LogP contribution < -0.4 is 9.64 Å². The third-order valence-corrected chi connectivity index (χ3v) is 6.34. The molecule has 4 heterocycles. The molecular weight excluding hydrogens is 390 g/mol. The first kappa shape index (κ1) is 19.8. The highest BCUT2D eigenvalue weighted by Gasteiger charge is 2.24. The average molecular weight is 420 g/mol. The minimum absolute atomic E-state index is 0.0146. The van der Waals surface area contributed by atoms with Gasteiger partial charge in [0.25, 0.3) is 5.91 Å². The number of ether oxygens (including phenoxy) is 1. The second kappa shape index (κ2) is 8.57. The van der Waals surface area contributed by atoms with E-state index in [0.29, 0.717) is 11.3 Å². The second-order valence-electron chi connectivity index (χ2n) is 8.43. The lowest BCUT2D eigenvalue weighted by atomic mass is 10.1. The average Bonchev–Trinajstić information content (AvgIpc) is 3.28. The number of amides is 1. The summed E-state index contributed by atoms with van der Waals surface area (Å²) in [6.07, 6.45) is 6.93. The molecule has 0 spiro atoms. The summed E-state index contributed by atoms with van der Waals surface area (Å²) in [7, 11) is 1.67. The van der Waals surface area contributed by atoms with Crippen LogP contribution in [0.2, 0.25) is 0 Å². The smallest absolute Gasteiger partial charge is 0.274 e. The molecule has 0 radical (unpaired) electrons. The number of rotatable bonds is 4. The highest BCUT2D eigenvalue weighted by molar-refractivity contribution is 5.93. The molecule has 0 bridgehead atoms. The molecule has 7 heteroatoms. The van der Waals surface area contributed by atoms with Gasteiger partial charge in [0.2, 0.25) is 0 Å². The van der Waals surface area contributed by atoms with Gasteiger partial charge in [-0.15, -0.1) is 0 Å². The van der Waals surface area contributed by atoms with Crippen LogP contribution in [0.25, 0.3) is 16.9 Å². The zero-order valence-electron chi connectivity index (χ0n) is 18.1. The number of hydrogen-bond acceptors (Lipinski definition) is 5. The number of fused-ring (bicyclic) bond motifs is 1. The van der Waals surface area contributed by atoms with Crippen LogP contribution in [0.3, 0.4) is 0 Å². The quantitative estimate of drug-likeness (QED) is 0.639. The summed E-state index contributed by atoms with van der Waals surface area (Å²) in [5, 5.41) is 4.73. The number of piperidine rings is 2. The fourth-order valence-electron chi connectivity index (χ4n) is 4.58. The molecule has 1 amide bonds. The molecular formula is C24H29N5O2. The van der Waals surface area contributed by atoms with E-state index in [1.807, 2.05) is 39.7 Å². The number of aromatic nitrogens is 3. The molecule has 2 aliphatic heterocycles. The van der Waals surface area contributed by atoms with E-state index in [1.54, 1.807) is 7.11 Å². The van der Waals surface area contributed by atoms with Gasteiger partial charge in [-0.2, -0.15) is 9.61 Å². The Balaban J connectivity index is 1.57. The summed E-state index contributed by atoms with van der Waals surface area (Å²) in [6.45, 7) is 3.62. The first-order valence-corrected chi connectivity index (χ1v) is 11.3. The van der Waals surface area contributed by atoms with Gasteiger partial charge in [-0.25, -0.2) is 4.98 Å². The molecule has 2 saturated heterocycles. The maximum Gasteiger partial charge on any atom is 0.274 e. The standard InChI is InChI=1S/C24H29N5O2/c1-31-19-10-8-18(9-11-19)20-17-23(27-12-4-2-5-13-27)29-22(25-20)16-21(26-29)24(30)28-14-6-3-7-15-28/h8-11,16-17H,2-7,12-15H2,1H3. The van der Waals surface area contributed by atoms with E-state index in [9.17, 15) is 4.79 Å². The van der Waals surface area contributed by atoms with Crippen molar-refractivity contribution in [2.75, 3.05) is 38.2 Å². The fraction of sp³-hybridized carbons (Fsp3) is 0.458. The van der Waals surface area contributed by atoms with E-state index >= 15 is 0 Å². The molecule has 7 nitrogen and oxygen atoms in total. The zero-order valence-corrected chi connectivity index (χ0v) is 18.1. The van der Waals surface area contributed by atoms with Gasteiger partial charge < -0.3 is 14.5 Å². The van der Waals surface area contributed by atoms with E-state index in [4.69, 9.17) is 14.8 Å². The van der Waals surface area contributed by atoms with Crippen molar-refractivity contribution in [1.82, 2.24) is 19.5 Å². The largest absolute Gasteiger partial charge is 0.497 e. The van der Waals surface area contributed by atoms with E-state index < -0.39 is 0 Å². The summed E-state index contributed by atoms with van der Waals surface area (Å²) in [5.41, 5.74) is 3.10. The summed E-state index contributed by atoms with van der Waals surface area (Å²) in [6, 6.07) is 11.9. The van der Waals surface area contributed by atoms with Gasteiger partial charge in [0.15, 0.2) is 11.3 Å². The second-order valence-corrected chi connectivity index (χ2v) is 8.43. The van der Waals surface area contributed by atoms with Crippen molar-refractivity contribution in [2.24, 2.45) is 0 Å². The molecule has 31 heavy (non-hydrogen) atoms. The first-order valence-electron chi connectivity index (χ1n) is 11.3. The molecule has 0 aliphatic carbocycles. The van der Waals surface area contributed by atoms with Crippen LogP contribution in [0.4, 0.5) is 5.82 Å². The van der Waals surface area contributed by atoms with Crippen LogP contribution in [0, 0.1) is 0 Å². The lowest BCUT2D eigenvalue weighted by Gasteiger charge is -2.29. The van der Waals surface area contributed by atoms with Gasteiger partial charge in [0.05, 0.1) is 12.8 Å². The Morgan fingerprint density at radius 2 is 1.58 bits per heavy atom. The first-order chi connectivity index (χ1) is 15.2. The lowest BCUT2D eigenvalue weighted by Crippen LogP contribution is -2.36. The predicted molar refractivity (Wildman–Crippen MR) is 121 cm³/mol. The molecule has 2 fully saturated rings. The molecule has 162 valence electrons. The number of anilines is 1. The van der Waals surface area contributed by atoms with Crippen LogP contribution in [0.1, 0.15) is 49.0 Å². The van der Waals surface area contributed by atoms with Gasteiger partial charge in [0.1, 0.15) is 11.6 Å². The van der Waals surface area contributed by atoms with Crippen molar-refractivity contribution < 1.29 is 9.53 Å². The van der Waals surface area contributed by atoms with Gasteiger partial charge in [-0.05, 0) is 62.8 Å². The van der Waals surface area contributed by atoms with E-state index in [0.717, 1.165) is 61.8 Å². The van der Waals surface area contributed by atoms with Crippen molar-refractivity contribution in [2.45, 2.75) is 38.5 Å². The molecule has 0 saturated carbocycles. The molecule has 0 unspecified atom stereocenters. The number of nitrogens with zero attached hydrogens (tertiary/aromatic N) is 5. The van der Waals surface area contributed by atoms with Gasteiger partial charge in [0, 0.05) is 43.9 Å². The Hall–Kier alpha value is -3.09. The maximum atomic E-state index is 13.1. The number of carbonyl (C=O) groups excluding carboxylic acids is 1. The minimum Gasteiger partial charge on any atom is -0.497 e. The Morgan fingerprint density at radius 1 is 0.903 bits per heavy atom. The van der Waals surface area contributed by atoms with Gasteiger partial charge >= 0.3 is 0 Å². The Kier molecular flexibility index (Phi) is 5.49. The van der Waals surface area contributed by atoms with Crippen LogP contribution >= 0.6 is 0 Å². The number of carbonyl (C=O) groups is 1. The van der Waals surface area contributed by atoms with Crippen molar-refractivity contribution in [1.29, 1.82) is 0 Å². The molecule has 0 atom stereocenters. The van der Waals surface area contributed by atoms with Crippen molar-refractivity contribution >= 4 is 17.4 Å². The third-order valence-electron chi connectivity index (χ3n) is 6.34. The Morgan fingerprint density at radius 3 is 2.26 bits per heavy atom. The van der Waals surface area contributed by atoms with Crippen molar-refractivity contribution in [3.63, 3.8) is 0 Å². The van der Waals surface area contributed by atoms with Crippen LogP contribution in [-0.4, -0.2) is 58.7 Å². The fourth-order valence-corrected chi connectivity index (χ4v) is 4.58. The molecule has 1 aromatic carbocycles. The van der Waals surface area contributed by atoms with Crippen molar-refractivity contribution in [3.05, 3.63) is 42.1 Å². The summed E-state index contributed by atoms with van der Waals surface area (Å²) in [4.78, 5) is 22.2. The summed E-state index contributed by atoms with van der Waals surface area (Å²) in [5.74, 6) is 1.84. The SMILES string of the molecule is COc1ccc(-c2cc(N3CCCCC3)n3nc(C(=O)N4CCCCC4)cc3n2)cc1. The number of methoxy groups -OCH3 is 1. The number of likely N-dealkylation sites (tertiary alicyclic amines) is 1. The highest BCUT2D eigenvalue weighted by atomic mass is 16.5. The number of hydrogen-bond donors (Lipinski definition) is 0. The van der Waals surface area contributed by atoms with Gasteiger partial charge in [-0.3, -0.25) is 4.79 Å². The molecule has 2 aliphatic rings. The monoisotopic (exact) mass is 419 g/mol. The molecule has 3 aromatic rings. The zero-order chi connectivity index (χ0) is 21.2. The minimum atomic E-state index is 0.0146. The molecule has 5 rings (SSSR count). The van der Waals surface area contributed by atoms with E-state index in [1.165, 1.54) is 25.7 Å². The normalized spacial score (nSPS) is 17.2. The highest BCUT2D eigenvalue weighted by Crippen LogP contribution is 2.28.